The van der Waals surface area contributed by atoms with Crippen LogP contribution in [0.2, 0.25) is 5.02 Å². The number of benzene rings is 2. The number of halogens is 4. The summed E-state index contributed by atoms with van der Waals surface area (Å²) in [5, 5.41) is 2.39. The van der Waals surface area contributed by atoms with Crippen LogP contribution in [0.25, 0.3) is 11.8 Å². The molecule has 0 unspecified atom stereocenters. The summed E-state index contributed by atoms with van der Waals surface area (Å²) in [6.45, 7) is 3.20. The predicted molar refractivity (Wildman–Crippen MR) is 121 cm³/mol. The molecule has 1 aliphatic heterocycles. The zero-order chi connectivity index (χ0) is 24.8. The van der Waals surface area contributed by atoms with Crippen molar-refractivity contribution in [3.8, 4) is 5.69 Å². The lowest BCUT2D eigenvalue weighted by molar-refractivity contribution is -0.137. The number of anilines is 1. The van der Waals surface area contributed by atoms with E-state index in [2.05, 4.69) is 5.32 Å². The minimum absolute atomic E-state index is 0.0789. The molecular formula is C24H17ClF3N3O3. The van der Waals surface area contributed by atoms with Crippen molar-refractivity contribution in [1.82, 2.24) is 9.88 Å². The molecule has 0 atom stereocenters. The number of carbonyl (C=O) groups excluding carboxylic acids is 3. The Hall–Kier alpha value is -3.85. The first-order valence-corrected chi connectivity index (χ1v) is 10.4. The molecule has 1 aliphatic rings. The summed E-state index contributed by atoms with van der Waals surface area (Å²) in [6, 6.07) is 11.7. The van der Waals surface area contributed by atoms with E-state index in [1.54, 1.807) is 32.0 Å². The first-order chi connectivity index (χ1) is 16.0. The van der Waals surface area contributed by atoms with E-state index < -0.39 is 29.6 Å². The number of aromatic nitrogens is 1. The van der Waals surface area contributed by atoms with Gasteiger partial charge in [-0.15, -0.1) is 0 Å². The minimum Gasteiger partial charge on any atom is -0.317 e. The zero-order valence-electron chi connectivity index (χ0n) is 17.9. The Kier molecular flexibility index (Phi) is 5.82. The van der Waals surface area contributed by atoms with E-state index in [9.17, 15) is 27.6 Å². The fourth-order valence-corrected chi connectivity index (χ4v) is 4.06. The van der Waals surface area contributed by atoms with Crippen LogP contribution in [-0.2, 0) is 15.8 Å². The van der Waals surface area contributed by atoms with Gasteiger partial charge in [0, 0.05) is 16.4 Å². The van der Waals surface area contributed by atoms with Crippen LogP contribution in [-0.4, -0.2) is 22.4 Å². The number of rotatable bonds is 3. The zero-order valence-corrected chi connectivity index (χ0v) is 18.7. The number of urea groups is 1. The molecule has 1 saturated heterocycles. The van der Waals surface area contributed by atoms with Gasteiger partial charge in [0.25, 0.3) is 11.8 Å². The maximum atomic E-state index is 13.6. The fraction of sp³-hybridized carbons (Fsp3) is 0.125. The highest BCUT2D eigenvalue weighted by molar-refractivity contribution is 6.39. The summed E-state index contributed by atoms with van der Waals surface area (Å²) < 4.78 is 42.1. The van der Waals surface area contributed by atoms with Crippen molar-refractivity contribution in [2.45, 2.75) is 20.0 Å². The average Bonchev–Trinajstić information content (AvgIpc) is 3.03. The molecule has 6 nitrogen and oxygen atoms in total. The lowest BCUT2D eigenvalue weighted by Gasteiger charge is -2.26. The summed E-state index contributed by atoms with van der Waals surface area (Å²) in [5.74, 6) is -1.79. The SMILES string of the molecule is Cc1cc(/C=C2\C(=O)NC(=O)N(c3cccc(Cl)c3)C2=O)c(C)n1-c1ccccc1C(F)(F)F. The van der Waals surface area contributed by atoms with Gasteiger partial charge in [-0.05, 0) is 61.9 Å². The first-order valence-electron chi connectivity index (χ1n) is 10.0. The molecule has 1 N–H and O–H groups in total. The van der Waals surface area contributed by atoms with Crippen LogP contribution in [0.15, 0.2) is 60.2 Å². The number of amides is 4. The summed E-state index contributed by atoms with van der Waals surface area (Å²) in [7, 11) is 0. The Labute approximate surface area is 197 Å². The largest absolute Gasteiger partial charge is 0.418 e. The third-order valence-corrected chi connectivity index (χ3v) is 5.62. The molecule has 3 aromatic rings. The number of nitrogens with zero attached hydrogens (tertiary/aromatic N) is 2. The number of para-hydroxylation sites is 1. The molecule has 0 radical (unpaired) electrons. The third kappa shape index (κ3) is 4.10. The molecule has 1 aromatic heterocycles. The van der Waals surface area contributed by atoms with E-state index >= 15 is 0 Å². The quantitative estimate of drug-likeness (QED) is 0.395. The van der Waals surface area contributed by atoms with Gasteiger partial charge in [0.2, 0.25) is 0 Å². The maximum absolute atomic E-state index is 13.6. The second-order valence-electron chi connectivity index (χ2n) is 7.61. The Bertz CT molecular complexity index is 1380. The van der Waals surface area contributed by atoms with Gasteiger partial charge in [0.1, 0.15) is 5.57 Å². The van der Waals surface area contributed by atoms with Gasteiger partial charge in [-0.3, -0.25) is 14.9 Å². The van der Waals surface area contributed by atoms with Gasteiger partial charge in [-0.2, -0.15) is 13.2 Å². The van der Waals surface area contributed by atoms with Crippen LogP contribution in [0.5, 0.6) is 0 Å². The molecule has 0 aliphatic carbocycles. The number of hydrogen-bond donors (Lipinski definition) is 1. The molecule has 0 spiro atoms. The highest BCUT2D eigenvalue weighted by Gasteiger charge is 2.37. The number of hydrogen-bond acceptors (Lipinski definition) is 3. The molecule has 10 heteroatoms. The smallest absolute Gasteiger partial charge is 0.317 e. The lowest BCUT2D eigenvalue weighted by atomic mass is 10.1. The maximum Gasteiger partial charge on any atom is 0.418 e. The van der Waals surface area contributed by atoms with Gasteiger partial charge in [-0.1, -0.05) is 29.8 Å². The van der Waals surface area contributed by atoms with Crippen molar-refractivity contribution in [3.63, 3.8) is 0 Å². The summed E-state index contributed by atoms with van der Waals surface area (Å²) in [6.07, 6.45) is -3.31. The number of imide groups is 2. The van der Waals surface area contributed by atoms with Crippen LogP contribution in [0, 0.1) is 13.8 Å². The van der Waals surface area contributed by atoms with Gasteiger partial charge >= 0.3 is 12.2 Å². The van der Waals surface area contributed by atoms with Crippen molar-refractivity contribution < 1.29 is 27.6 Å². The number of barbiturate groups is 1. The number of alkyl halides is 3. The van der Waals surface area contributed by atoms with Crippen molar-refractivity contribution in [2.24, 2.45) is 0 Å². The Morgan fingerprint density at radius 3 is 2.35 bits per heavy atom. The van der Waals surface area contributed by atoms with E-state index in [1.165, 1.54) is 41.0 Å². The average molecular weight is 488 g/mol. The Morgan fingerprint density at radius 2 is 1.68 bits per heavy atom. The van der Waals surface area contributed by atoms with Gasteiger partial charge in [-0.25, -0.2) is 9.69 Å². The third-order valence-electron chi connectivity index (χ3n) is 5.39. The minimum atomic E-state index is -4.57. The standard InChI is InChI=1S/C24H17ClF3N3O3/c1-13-10-15(14(2)30(13)20-9-4-3-8-19(20)24(26,27)28)11-18-21(32)29-23(34)31(22(18)33)17-7-5-6-16(25)12-17/h3-12H,1-2H3,(H,29,32,34)/b18-11+. The number of aryl methyl sites for hydroxylation is 1. The van der Waals surface area contributed by atoms with Crippen LogP contribution >= 0.6 is 11.6 Å². The molecule has 0 saturated carbocycles. The van der Waals surface area contributed by atoms with Crippen molar-refractivity contribution in [1.29, 1.82) is 0 Å². The summed E-state index contributed by atoms with van der Waals surface area (Å²) in [4.78, 5) is 38.7. The number of carbonyl (C=O) groups is 3. The Balaban J connectivity index is 1.81. The van der Waals surface area contributed by atoms with Crippen LogP contribution in [0.3, 0.4) is 0 Å². The van der Waals surface area contributed by atoms with Gasteiger partial charge in [0.05, 0.1) is 16.9 Å². The highest BCUT2D eigenvalue weighted by atomic mass is 35.5. The predicted octanol–water partition coefficient (Wildman–Crippen LogP) is 5.43. The molecule has 2 aromatic carbocycles. The van der Waals surface area contributed by atoms with E-state index in [4.69, 9.17) is 11.6 Å². The van der Waals surface area contributed by atoms with Crippen LogP contribution < -0.4 is 10.2 Å². The second-order valence-corrected chi connectivity index (χ2v) is 8.05. The van der Waals surface area contributed by atoms with E-state index in [0.717, 1.165) is 11.0 Å². The monoisotopic (exact) mass is 487 g/mol. The number of nitrogens with one attached hydrogen (secondary N) is 1. The topological polar surface area (TPSA) is 71.4 Å². The Morgan fingerprint density at radius 1 is 0.971 bits per heavy atom. The van der Waals surface area contributed by atoms with E-state index in [1.807, 2.05) is 0 Å². The molecule has 1 fully saturated rings. The molecule has 4 rings (SSSR count). The summed E-state index contributed by atoms with van der Waals surface area (Å²) in [5.41, 5.74) is 0.126. The first kappa shape index (κ1) is 23.3. The van der Waals surface area contributed by atoms with Crippen LogP contribution in [0.4, 0.5) is 23.7 Å². The molecule has 174 valence electrons. The molecule has 4 amide bonds. The van der Waals surface area contributed by atoms with Crippen molar-refractivity contribution in [3.05, 3.63) is 87.7 Å². The van der Waals surface area contributed by atoms with Crippen molar-refractivity contribution in [2.75, 3.05) is 4.90 Å². The molecule has 2 heterocycles. The van der Waals surface area contributed by atoms with E-state index in [-0.39, 0.29) is 22.0 Å². The van der Waals surface area contributed by atoms with Crippen molar-refractivity contribution >= 4 is 41.2 Å². The normalized spacial score (nSPS) is 15.8. The molecule has 0 bridgehead atoms. The highest BCUT2D eigenvalue weighted by Crippen LogP contribution is 2.36. The molecular weight excluding hydrogens is 471 g/mol. The van der Waals surface area contributed by atoms with E-state index in [0.29, 0.717) is 17.0 Å². The van der Waals surface area contributed by atoms with Crippen LogP contribution in [0.1, 0.15) is 22.5 Å². The second kappa shape index (κ2) is 8.49. The summed E-state index contributed by atoms with van der Waals surface area (Å²) >= 11 is 5.96. The van der Waals surface area contributed by atoms with Gasteiger partial charge in [0.15, 0.2) is 0 Å². The lowest BCUT2D eigenvalue weighted by Crippen LogP contribution is -2.54. The van der Waals surface area contributed by atoms with Gasteiger partial charge < -0.3 is 4.57 Å². The fourth-order valence-electron chi connectivity index (χ4n) is 3.88. The molecule has 34 heavy (non-hydrogen) atoms.